The second kappa shape index (κ2) is 8.89. The number of ether oxygens (including phenoxy) is 1. The van der Waals surface area contributed by atoms with Gasteiger partial charge < -0.3 is 15.2 Å². The number of carbonyl (C=O) groups is 3. The van der Waals surface area contributed by atoms with Gasteiger partial charge in [-0.3, -0.25) is 19.3 Å². The first-order valence-corrected chi connectivity index (χ1v) is 10.1. The number of benzene rings is 2. The minimum absolute atomic E-state index is 0.0673. The number of hydrogen-bond acceptors (Lipinski definition) is 6. The summed E-state index contributed by atoms with van der Waals surface area (Å²) in [5, 5.41) is 12.3. The fourth-order valence-corrected chi connectivity index (χ4v) is 3.99. The van der Waals surface area contributed by atoms with Gasteiger partial charge in [0.2, 0.25) is 5.91 Å². The van der Waals surface area contributed by atoms with Crippen LogP contribution < -0.4 is 10.1 Å². The Labute approximate surface area is 183 Å². The number of rotatable bonds is 5. The Morgan fingerprint density at radius 3 is 2.79 bits per heavy atom. The minimum Gasteiger partial charge on any atom is -0.504 e. The molecular weight excluding hydrogens is 484 g/mol. The zero-order valence-electron chi connectivity index (χ0n) is 14.9. The molecule has 2 aromatic rings. The fourth-order valence-electron chi connectivity index (χ4n) is 2.52. The van der Waals surface area contributed by atoms with E-state index in [2.05, 4.69) is 21.2 Å². The summed E-state index contributed by atoms with van der Waals surface area (Å²) in [5.41, 5.74) is 0.999. The molecule has 0 spiro atoms. The number of imide groups is 1. The average Bonchev–Trinajstić information content (AvgIpc) is 2.91. The smallest absolute Gasteiger partial charge is 0.294 e. The summed E-state index contributed by atoms with van der Waals surface area (Å²) in [6.45, 7) is -0.422. The molecule has 2 aromatic carbocycles. The Morgan fingerprint density at radius 2 is 2.10 bits per heavy atom. The van der Waals surface area contributed by atoms with Crippen molar-refractivity contribution in [2.24, 2.45) is 0 Å². The average molecular weight is 498 g/mol. The van der Waals surface area contributed by atoms with E-state index in [-0.39, 0.29) is 16.4 Å². The van der Waals surface area contributed by atoms with Crippen molar-refractivity contribution in [3.05, 3.63) is 56.4 Å². The van der Waals surface area contributed by atoms with Gasteiger partial charge in [-0.1, -0.05) is 33.6 Å². The van der Waals surface area contributed by atoms with Crippen LogP contribution in [0.3, 0.4) is 0 Å². The second-order valence-corrected chi connectivity index (χ2v) is 8.16. The molecule has 0 aliphatic carbocycles. The lowest BCUT2D eigenvalue weighted by atomic mass is 10.2. The number of aromatic hydroxyl groups is 1. The third-order valence-corrected chi connectivity index (χ3v) is 5.70. The highest BCUT2D eigenvalue weighted by molar-refractivity contribution is 9.10. The number of phenols is 1. The van der Waals surface area contributed by atoms with Crippen LogP contribution in [-0.4, -0.2) is 40.7 Å². The molecule has 0 aromatic heterocycles. The van der Waals surface area contributed by atoms with Crippen molar-refractivity contribution >= 4 is 68.1 Å². The predicted octanol–water partition coefficient (Wildman–Crippen LogP) is 4.49. The number of phenolic OH excluding ortho intramolecular Hbond substituents is 1. The number of methoxy groups -OCH3 is 1. The molecule has 150 valence electrons. The van der Waals surface area contributed by atoms with Gasteiger partial charge in [0.15, 0.2) is 11.5 Å². The molecule has 29 heavy (non-hydrogen) atoms. The van der Waals surface area contributed by atoms with E-state index in [9.17, 15) is 19.5 Å². The number of nitrogens with zero attached hydrogens (tertiary/aromatic N) is 1. The third kappa shape index (κ3) is 4.92. The maximum absolute atomic E-state index is 12.6. The van der Waals surface area contributed by atoms with Crippen LogP contribution >= 0.6 is 39.3 Å². The highest BCUT2D eigenvalue weighted by atomic mass is 79.9. The molecule has 1 aliphatic heterocycles. The number of thioether (sulfide) groups is 1. The molecule has 0 bridgehead atoms. The Morgan fingerprint density at radius 1 is 1.34 bits per heavy atom. The van der Waals surface area contributed by atoms with Gasteiger partial charge >= 0.3 is 0 Å². The Balaban J connectivity index is 1.76. The van der Waals surface area contributed by atoms with E-state index in [1.54, 1.807) is 24.3 Å². The van der Waals surface area contributed by atoms with Crippen molar-refractivity contribution in [2.75, 3.05) is 19.0 Å². The van der Waals surface area contributed by atoms with Crippen LogP contribution in [0.15, 0.2) is 45.8 Å². The van der Waals surface area contributed by atoms with Crippen LogP contribution in [0.25, 0.3) is 6.08 Å². The second-order valence-electron chi connectivity index (χ2n) is 5.87. The maximum atomic E-state index is 12.6. The first-order valence-electron chi connectivity index (χ1n) is 8.15. The fraction of sp³-hybridized carbons (Fsp3) is 0.105. The summed E-state index contributed by atoms with van der Waals surface area (Å²) < 4.78 is 5.58. The molecular formula is C19H14BrClN2O5S. The zero-order chi connectivity index (χ0) is 21.1. The Hall–Kier alpha value is -2.49. The van der Waals surface area contributed by atoms with Crippen molar-refractivity contribution in [1.29, 1.82) is 0 Å². The summed E-state index contributed by atoms with van der Waals surface area (Å²) in [7, 11) is 1.40. The quantitative estimate of drug-likeness (QED) is 0.591. The molecule has 3 amide bonds. The van der Waals surface area contributed by atoms with Gasteiger partial charge in [0, 0.05) is 15.2 Å². The lowest BCUT2D eigenvalue weighted by molar-refractivity contribution is -0.127. The van der Waals surface area contributed by atoms with Gasteiger partial charge in [0.25, 0.3) is 11.1 Å². The van der Waals surface area contributed by atoms with Crippen LogP contribution in [-0.2, 0) is 9.59 Å². The first kappa shape index (κ1) is 21.2. The molecule has 1 saturated heterocycles. The highest BCUT2D eigenvalue weighted by Gasteiger charge is 2.36. The molecule has 0 atom stereocenters. The minimum atomic E-state index is -0.583. The van der Waals surface area contributed by atoms with Gasteiger partial charge in [-0.25, -0.2) is 0 Å². The summed E-state index contributed by atoms with van der Waals surface area (Å²) in [6, 6.07) is 9.49. The van der Waals surface area contributed by atoms with Crippen molar-refractivity contribution in [1.82, 2.24) is 4.90 Å². The summed E-state index contributed by atoms with van der Waals surface area (Å²) in [4.78, 5) is 38.1. The number of amides is 3. The van der Waals surface area contributed by atoms with Crippen molar-refractivity contribution in [3.8, 4) is 11.5 Å². The molecule has 0 radical (unpaired) electrons. The first-order chi connectivity index (χ1) is 13.8. The van der Waals surface area contributed by atoms with E-state index in [1.165, 1.54) is 25.3 Å². The molecule has 1 fully saturated rings. The maximum Gasteiger partial charge on any atom is 0.294 e. The zero-order valence-corrected chi connectivity index (χ0v) is 18.1. The molecule has 1 heterocycles. The third-order valence-electron chi connectivity index (χ3n) is 3.87. The van der Waals surface area contributed by atoms with E-state index in [4.69, 9.17) is 16.3 Å². The van der Waals surface area contributed by atoms with Crippen LogP contribution in [0, 0.1) is 0 Å². The highest BCUT2D eigenvalue weighted by Crippen LogP contribution is 2.37. The lowest BCUT2D eigenvalue weighted by Crippen LogP contribution is -2.36. The van der Waals surface area contributed by atoms with Crippen molar-refractivity contribution < 1.29 is 24.2 Å². The summed E-state index contributed by atoms with van der Waals surface area (Å²) in [6.07, 6.45) is 1.49. The van der Waals surface area contributed by atoms with Crippen LogP contribution in [0.4, 0.5) is 10.5 Å². The molecule has 1 aliphatic rings. The lowest BCUT2D eigenvalue weighted by Gasteiger charge is -2.12. The Bertz CT molecular complexity index is 1040. The van der Waals surface area contributed by atoms with Gasteiger partial charge in [-0.2, -0.15) is 0 Å². The number of anilines is 1. The van der Waals surface area contributed by atoms with E-state index in [0.29, 0.717) is 20.7 Å². The van der Waals surface area contributed by atoms with Crippen LogP contribution in [0.5, 0.6) is 11.5 Å². The predicted molar refractivity (Wildman–Crippen MR) is 115 cm³/mol. The molecule has 2 N–H and O–H groups in total. The monoisotopic (exact) mass is 496 g/mol. The topological polar surface area (TPSA) is 95.9 Å². The normalized spacial score (nSPS) is 15.1. The molecule has 0 unspecified atom stereocenters. The molecule has 7 nitrogen and oxygen atoms in total. The molecule has 10 heteroatoms. The van der Waals surface area contributed by atoms with Gasteiger partial charge in [-0.15, -0.1) is 0 Å². The summed E-state index contributed by atoms with van der Waals surface area (Å²) >= 11 is 9.90. The van der Waals surface area contributed by atoms with E-state index < -0.39 is 23.6 Å². The molecule has 3 rings (SSSR count). The number of nitrogens with one attached hydrogen (secondary N) is 1. The van der Waals surface area contributed by atoms with Gasteiger partial charge in [0.1, 0.15) is 6.54 Å². The standard InChI is InChI=1S/C19H14BrClN2O5S/c1-28-15-5-10(13(20)8-14(15)24)6-16-18(26)23(19(27)29-16)9-17(25)22-12-4-2-3-11(21)7-12/h2-8,24H,9H2,1H3,(H,22,25)/b16-6-. The number of hydrogen-bond donors (Lipinski definition) is 2. The van der Waals surface area contributed by atoms with E-state index in [1.807, 2.05) is 0 Å². The van der Waals surface area contributed by atoms with Crippen molar-refractivity contribution in [3.63, 3.8) is 0 Å². The number of carbonyl (C=O) groups excluding carboxylic acids is 3. The largest absolute Gasteiger partial charge is 0.504 e. The summed E-state index contributed by atoms with van der Waals surface area (Å²) in [5.74, 6) is -0.953. The van der Waals surface area contributed by atoms with Gasteiger partial charge in [-0.05, 0) is 53.7 Å². The van der Waals surface area contributed by atoms with Crippen molar-refractivity contribution in [2.45, 2.75) is 0 Å². The SMILES string of the molecule is COc1cc(/C=C2\SC(=O)N(CC(=O)Nc3cccc(Cl)c3)C2=O)c(Br)cc1O. The van der Waals surface area contributed by atoms with Crippen LogP contribution in [0.1, 0.15) is 5.56 Å². The number of halogens is 2. The van der Waals surface area contributed by atoms with E-state index in [0.717, 1.165) is 16.7 Å². The molecule has 0 saturated carbocycles. The Kier molecular flexibility index (Phi) is 6.51. The van der Waals surface area contributed by atoms with Gasteiger partial charge in [0.05, 0.1) is 12.0 Å². The van der Waals surface area contributed by atoms with E-state index >= 15 is 0 Å². The van der Waals surface area contributed by atoms with Crippen LogP contribution in [0.2, 0.25) is 5.02 Å².